The van der Waals surface area contributed by atoms with Gasteiger partial charge >= 0.3 is 23.9 Å². The van der Waals surface area contributed by atoms with Crippen molar-refractivity contribution in [2.24, 2.45) is 0 Å². The lowest BCUT2D eigenvalue weighted by Gasteiger charge is -2.44. The van der Waals surface area contributed by atoms with Crippen LogP contribution in [0.5, 0.6) is 0 Å². The maximum atomic E-state index is 12.9. The van der Waals surface area contributed by atoms with E-state index >= 15 is 0 Å². The molecule has 14 nitrogen and oxygen atoms in total. The molecule has 14 heteroatoms. The highest BCUT2D eigenvalue weighted by molar-refractivity contribution is 5.87. The van der Waals surface area contributed by atoms with Crippen LogP contribution in [0.25, 0.3) is 0 Å². The topological polar surface area (TPSA) is 182 Å². The lowest BCUT2D eigenvalue weighted by molar-refractivity contribution is -0.271. The van der Waals surface area contributed by atoms with E-state index in [1.807, 2.05) is 6.07 Å². The van der Waals surface area contributed by atoms with E-state index in [9.17, 15) is 28.8 Å². The monoisotopic (exact) mass is 580 g/mol. The van der Waals surface area contributed by atoms with Gasteiger partial charge in [0.2, 0.25) is 11.8 Å². The summed E-state index contributed by atoms with van der Waals surface area (Å²) in [7, 11) is 2.48. The molecule has 1 fully saturated rings. The zero-order valence-corrected chi connectivity index (χ0v) is 23.6. The molecule has 1 aromatic carbocycles. The molecule has 2 amide bonds. The van der Waals surface area contributed by atoms with Crippen LogP contribution in [0, 0.1) is 0 Å². The van der Waals surface area contributed by atoms with E-state index in [2.05, 4.69) is 10.6 Å². The third-order valence-electron chi connectivity index (χ3n) is 5.94. The summed E-state index contributed by atoms with van der Waals surface area (Å²) >= 11 is 0. The second-order valence-corrected chi connectivity index (χ2v) is 9.16. The number of ether oxygens (including phenoxy) is 6. The maximum absolute atomic E-state index is 12.9. The van der Waals surface area contributed by atoms with Crippen LogP contribution in [0.3, 0.4) is 0 Å². The van der Waals surface area contributed by atoms with Crippen LogP contribution in [-0.2, 0) is 63.6 Å². The Bertz CT molecular complexity index is 1080. The van der Waals surface area contributed by atoms with E-state index in [1.165, 1.54) is 21.1 Å². The van der Waals surface area contributed by atoms with Gasteiger partial charge in [-0.25, -0.2) is 4.79 Å². The lowest BCUT2D eigenvalue weighted by Crippen LogP contribution is -2.66. The molecule has 0 aromatic heterocycles. The molecule has 2 N–H and O–H groups in total. The molecule has 0 aliphatic carbocycles. The average molecular weight is 581 g/mol. The summed E-state index contributed by atoms with van der Waals surface area (Å²) in [5.41, 5.74) is 0.801. The minimum Gasteiger partial charge on any atom is -0.467 e. The van der Waals surface area contributed by atoms with Crippen LogP contribution in [0.4, 0.5) is 0 Å². The SMILES string of the molecule is COC(=O)[C@H](Cc1ccccc1)NC(=O)CCC(=O)N[C@H]1[C@H](OC)O[C@H](COC(C)=O)[C@@H](OC(C)=O)[C@@H]1OC(C)=O. The summed E-state index contributed by atoms with van der Waals surface area (Å²) in [6.45, 7) is 3.08. The standard InChI is InChI=1S/C27H36N2O12/c1-15(30)38-14-20-24(39-16(2)31)25(40-17(3)32)23(27(37-5)41-20)29-22(34)12-11-21(33)28-19(26(35)36-4)13-18-9-7-6-8-10-18/h6-10,19-20,23-25,27H,11-14H2,1-5H3,(H,28,33)(H,29,34)/t19-,20+,23+,24+,25+,27+/m0/s1. The summed E-state index contributed by atoms with van der Waals surface area (Å²) in [6, 6.07) is 6.88. The molecule has 0 unspecified atom stereocenters. The summed E-state index contributed by atoms with van der Waals surface area (Å²) in [5.74, 6) is -3.98. The number of amides is 2. The van der Waals surface area contributed by atoms with Gasteiger partial charge in [0.05, 0.1) is 7.11 Å². The molecule has 226 valence electrons. The number of carbonyl (C=O) groups excluding carboxylic acids is 6. The molecule has 0 radical (unpaired) electrons. The van der Waals surface area contributed by atoms with Crippen molar-refractivity contribution in [2.75, 3.05) is 20.8 Å². The highest BCUT2D eigenvalue weighted by Crippen LogP contribution is 2.27. The third kappa shape index (κ3) is 10.8. The molecule has 1 saturated heterocycles. The van der Waals surface area contributed by atoms with Gasteiger partial charge in [-0.3, -0.25) is 24.0 Å². The Kier molecular flexibility index (Phi) is 13.2. The van der Waals surface area contributed by atoms with Crippen LogP contribution in [0.15, 0.2) is 30.3 Å². The zero-order chi connectivity index (χ0) is 30.5. The summed E-state index contributed by atoms with van der Waals surface area (Å²) in [5, 5.41) is 5.19. The molecule has 2 rings (SSSR count). The van der Waals surface area contributed by atoms with Crippen LogP contribution < -0.4 is 10.6 Å². The van der Waals surface area contributed by atoms with Gasteiger partial charge in [-0.05, 0) is 5.56 Å². The van der Waals surface area contributed by atoms with Gasteiger partial charge in [-0.15, -0.1) is 0 Å². The molecule has 0 spiro atoms. The minimum atomic E-state index is -1.29. The number of hydrogen-bond acceptors (Lipinski definition) is 12. The van der Waals surface area contributed by atoms with Crippen molar-refractivity contribution in [3.05, 3.63) is 35.9 Å². The number of nitrogens with one attached hydrogen (secondary N) is 2. The number of esters is 4. The van der Waals surface area contributed by atoms with Crippen LogP contribution in [0.2, 0.25) is 0 Å². The van der Waals surface area contributed by atoms with Gasteiger partial charge < -0.3 is 39.1 Å². The van der Waals surface area contributed by atoms with E-state index in [0.29, 0.717) is 0 Å². The van der Waals surface area contributed by atoms with Gasteiger partial charge in [0.1, 0.15) is 24.8 Å². The molecule has 0 bridgehead atoms. The van der Waals surface area contributed by atoms with Crippen molar-refractivity contribution >= 4 is 35.7 Å². The Hall–Kier alpha value is -4.04. The largest absolute Gasteiger partial charge is 0.467 e. The minimum absolute atomic E-state index is 0.191. The second kappa shape index (κ2) is 16.3. The Labute approximate surface area is 237 Å². The molecule has 41 heavy (non-hydrogen) atoms. The zero-order valence-electron chi connectivity index (χ0n) is 23.6. The molecule has 6 atom stereocenters. The smallest absolute Gasteiger partial charge is 0.328 e. The van der Waals surface area contributed by atoms with Crippen molar-refractivity contribution in [2.45, 2.75) is 76.7 Å². The second-order valence-electron chi connectivity index (χ2n) is 9.16. The Morgan fingerprint density at radius 1 is 0.854 bits per heavy atom. The van der Waals surface area contributed by atoms with Gasteiger partial charge in [-0.2, -0.15) is 0 Å². The first-order valence-corrected chi connectivity index (χ1v) is 12.8. The number of benzene rings is 1. The predicted molar refractivity (Wildman–Crippen MR) is 139 cm³/mol. The fraction of sp³-hybridized carbons (Fsp3) is 0.556. The summed E-state index contributed by atoms with van der Waals surface area (Å²) in [6.07, 6.45) is -5.27. The fourth-order valence-corrected chi connectivity index (χ4v) is 4.19. The molecule has 1 heterocycles. The average Bonchev–Trinajstić information content (AvgIpc) is 2.92. The number of hydrogen-bond donors (Lipinski definition) is 2. The van der Waals surface area contributed by atoms with Crippen molar-refractivity contribution in [3.8, 4) is 0 Å². The Balaban J connectivity index is 2.12. The summed E-state index contributed by atoms with van der Waals surface area (Å²) < 4.78 is 31.6. The van der Waals surface area contributed by atoms with Crippen LogP contribution in [0.1, 0.15) is 39.2 Å². The Morgan fingerprint density at radius 3 is 2.02 bits per heavy atom. The number of rotatable bonds is 13. The maximum Gasteiger partial charge on any atom is 0.328 e. The molecule has 1 aliphatic rings. The molecule has 1 aromatic rings. The number of carbonyl (C=O) groups is 6. The van der Waals surface area contributed by atoms with Crippen molar-refractivity contribution in [3.63, 3.8) is 0 Å². The van der Waals surface area contributed by atoms with Crippen molar-refractivity contribution in [1.82, 2.24) is 10.6 Å². The highest BCUT2D eigenvalue weighted by Gasteiger charge is 2.51. The molecular weight excluding hydrogens is 544 g/mol. The first kappa shape index (κ1) is 33.2. The lowest BCUT2D eigenvalue weighted by atomic mass is 9.96. The fourth-order valence-electron chi connectivity index (χ4n) is 4.19. The predicted octanol–water partition coefficient (Wildman–Crippen LogP) is -0.0503. The highest BCUT2D eigenvalue weighted by atomic mass is 16.7. The van der Waals surface area contributed by atoms with Gasteiger partial charge in [0, 0.05) is 47.1 Å². The van der Waals surface area contributed by atoms with Crippen molar-refractivity contribution in [1.29, 1.82) is 0 Å². The van der Waals surface area contributed by atoms with E-state index in [0.717, 1.165) is 19.4 Å². The molecular formula is C27H36N2O12. The van der Waals surface area contributed by atoms with E-state index < -0.39 is 72.4 Å². The first-order valence-electron chi connectivity index (χ1n) is 12.8. The Morgan fingerprint density at radius 2 is 1.46 bits per heavy atom. The van der Waals surface area contributed by atoms with E-state index in [-0.39, 0.29) is 25.9 Å². The van der Waals surface area contributed by atoms with Crippen LogP contribution in [-0.4, -0.2) is 93.2 Å². The van der Waals surface area contributed by atoms with Crippen molar-refractivity contribution < 1.29 is 57.2 Å². The number of methoxy groups -OCH3 is 2. The van der Waals surface area contributed by atoms with Gasteiger partial charge in [0.15, 0.2) is 18.5 Å². The third-order valence-corrected chi connectivity index (χ3v) is 5.94. The normalized spacial score (nSPS) is 22.4. The molecule has 0 saturated carbocycles. The van der Waals surface area contributed by atoms with Crippen LogP contribution >= 0.6 is 0 Å². The van der Waals surface area contributed by atoms with Gasteiger partial charge in [-0.1, -0.05) is 30.3 Å². The first-order chi connectivity index (χ1) is 19.4. The van der Waals surface area contributed by atoms with Gasteiger partial charge in [0.25, 0.3) is 0 Å². The quantitative estimate of drug-likeness (QED) is 0.235. The van der Waals surface area contributed by atoms with E-state index in [4.69, 9.17) is 28.4 Å². The van der Waals surface area contributed by atoms with E-state index in [1.54, 1.807) is 24.3 Å². The molecule has 1 aliphatic heterocycles. The summed E-state index contributed by atoms with van der Waals surface area (Å²) in [4.78, 5) is 72.9.